The van der Waals surface area contributed by atoms with Crippen LogP contribution in [0.5, 0.6) is 0 Å². The van der Waals surface area contributed by atoms with Crippen molar-refractivity contribution >= 4 is 11.6 Å². The molecule has 4 heteroatoms. The molecular weight excluding hydrogens is 228 g/mol. The minimum absolute atomic E-state index is 0.152. The van der Waals surface area contributed by atoms with Crippen molar-refractivity contribution in [2.75, 3.05) is 19.5 Å². The average Bonchev–Trinajstić information content (AvgIpc) is 2.38. The van der Waals surface area contributed by atoms with E-state index in [1.165, 1.54) is 7.11 Å². The summed E-state index contributed by atoms with van der Waals surface area (Å²) in [5.74, 6) is -0.152. The molecule has 0 saturated heterocycles. The first-order chi connectivity index (χ1) is 8.42. The van der Waals surface area contributed by atoms with Gasteiger partial charge in [0, 0.05) is 18.8 Å². The number of rotatable bonds is 5. The van der Waals surface area contributed by atoms with Gasteiger partial charge in [-0.25, -0.2) is 0 Å². The summed E-state index contributed by atoms with van der Waals surface area (Å²) in [6, 6.07) is 7.93. The van der Waals surface area contributed by atoms with E-state index in [1.54, 1.807) is 13.8 Å². The molecule has 0 aliphatic heterocycles. The maximum absolute atomic E-state index is 12.1. The predicted molar refractivity (Wildman–Crippen MR) is 73.6 cm³/mol. The van der Waals surface area contributed by atoms with Crippen LogP contribution >= 0.6 is 0 Å². The zero-order valence-electron chi connectivity index (χ0n) is 11.7. The maximum Gasteiger partial charge on any atom is 0.256 e. The second-order valence-electron chi connectivity index (χ2n) is 4.77. The quantitative estimate of drug-likeness (QED) is 0.843. The molecule has 0 heterocycles. The Morgan fingerprint density at radius 3 is 2.50 bits per heavy atom. The van der Waals surface area contributed by atoms with Crippen LogP contribution < -0.4 is 10.6 Å². The van der Waals surface area contributed by atoms with Crippen molar-refractivity contribution in [2.45, 2.75) is 32.4 Å². The number of methoxy groups -OCH3 is 1. The van der Waals surface area contributed by atoms with Crippen LogP contribution in [0.15, 0.2) is 24.3 Å². The van der Waals surface area contributed by atoms with Crippen LogP contribution in [0.3, 0.4) is 0 Å². The molecule has 0 spiro atoms. The summed E-state index contributed by atoms with van der Waals surface area (Å²) in [5, 5.41) is 6.08. The van der Waals surface area contributed by atoms with E-state index in [4.69, 9.17) is 4.74 Å². The predicted octanol–water partition coefficient (Wildman–Crippen LogP) is 2.33. The zero-order chi connectivity index (χ0) is 13.8. The highest BCUT2D eigenvalue weighted by atomic mass is 16.5. The standard InChI is InChI=1S/C14H22N2O2/c1-10(15-4)11-8-6-7-9-12(11)16-13(17)14(2,3)18-5/h6-10,15H,1-5H3,(H,16,17). The van der Waals surface area contributed by atoms with Crippen LogP contribution in [0.1, 0.15) is 32.4 Å². The van der Waals surface area contributed by atoms with E-state index in [1.807, 2.05) is 38.2 Å². The van der Waals surface area contributed by atoms with E-state index in [0.717, 1.165) is 11.3 Å². The Labute approximate surface area is 109 Å². The smallest absolute Gasteiger partial charge is 0.256 e. The van der Waals surface area contributed by atoms with Gasteiger partial charge in [0.05, 0.1) is 0 Å². The first-order valence-electron chi connectivity index (χ1n) is 6.05. The largest absolute Gasteiger partial charge is 0.369 e. The molecule has 0 aliphatic carbocycles. The lowest BCUT2D eigenvalue weighted by Gasteiger charge is -2.23. The lowest BCUT2D eigenvalue weighted by Crippen LogP contribution is -2.39. The van der Waals surface area contributed by atoms with Crippen molar-refractivity contribution in [1.82, 2.24) is 5.32 Å². The van der Waals surface area contributed by atoms with Crippen LogP contribution in [0.4, 0.5) is 5.69 Å². The van der Waals surface area contributed by atoms with Crippen LogP contribution in [0, 0.1) is 0 Å². The molecule has 1 aromatic carbocycles. The molecule has 0 bridgehead atoms. The van der Waals surface area contributed by atoms with Gasteiger partial charge in [-0.1, -0.05) is 18.2 Å². The molecule has 4 nitrogen and oxygen atoms in total. The number of anilines is 1. The van der Waals surface area contributed by atoms with Gasteiger partial charge in [0.2, 0.25) is 0 Å². The van der Waals surface area contributed by atoms with Gasteiger partial charge >= 0.3 is 0 Å². The van der Waals surface area contributed by atoms with E-state index in [0.29, 0.717) is 0 Å². The van der Waals surface area contributed by atoms with Gasteiger partial charge in [0.25, 0.3) is 5.91 Å². The van der Waals surface area contributed by atoms with Gasteiger partial charge in [-0.3, -0.25) is 4.79 Å². The molecule has 1 amide bonds. The monoisotopic (exact) mass is 250 g/mol. The van der Waals surface area contributed by atoms with Crippen LogP contribution in [0.25, 0.3) is 0 Å². The Morgan fingerprint density at radius 1 is 1.33 bits per heavy atom. The van der Waals surface area contributed by atoms with E-state index < -0.39 is 5.60 Å². The van der Waals surface area contributed by atoms with Crippen LogP contribution in [-0.2, 0) is 9.53 Å². The average molecular weight is 250 g/mol. The fraction of sp³-hybridized carbons (Fsp3) is 0.500. The van der Waals surface area contributed by atoms with Crippen molar-refractivity contribution in [2.24, 2.45) is 0 Å². The summed E-state index contributed by atoms with van der Waals surface area (Å²) >= 11 is 0. The highest BCUT2D eigenvalue weighted by Gasteiger charge is 2.27. The molecule has 100 valence electrons. The second kappa shape index (κ2) is 5.98. The number of ether oxygens (including phenoxy) is 1. The van der Waals surface area contributed by atoms with Crippen LogP contribution in [-0.4, -0.2) is 25.7 Å². The Balaban J connectivity index is 2.95. The molecule has 1 unspecified atom stereocenters. The summed E-state index contributed by atoms with van der Waals surface area (Å²) in [6.07, 6.45) is 0. The molecule has 0 radical (unpaired) electrons. The molecule has 0 saturated carbocycles. The number of carbonyl (C=O) groups is 1. The third-order valence-corrected chi connectivity index (χ3v) is 3.17. The fourth-order valence-electron chi connectivity index (χ4n) is 1.51. The van der Waals surface area contributed by atoms with Crippen LogP contribution in [0.2, 0.25) is 0 Å². The van der Waals surface area contributed by atoms with Gasteiger partial charge in [0.1, 0.15) is 5.60 Å². The molecule has 18 heavy (non-hydrogen) atoms. The first kappa shape index (κ1) is 14.7. The normalized spacial score (nSPS) is 13.2. The number of hydrogen-bond acceptors (Lipinski definition) is 3. The highest BCUT2D eigenvalue weighted by Crippen LogP contribution is 2.23. The molecule has 2 N–H and O–H groups in total. The van der Waals surface area contributed by atoms with Crippen molar-refractivity contribution in [1.29, 1.82) is 0 Å². The van der Waals surface area contributed by atoms with Crippen molar-refractivity contribution in [3.05, 3.63) is 29.8 Å². The molecule has 1 aromatic rings. The lowest BCUT2D eigenvalue weighted by molar-refractivity contribution is -0.133. The maximum atomic E-state index is 12.1. The minimum atomic E-state index is -0.837. The number of benzene rings is 1. The number of para-hydroxylation sites is 1. The lowest BCUT2D eigenvalue weighted by atomic mass is 10.0. The first-order valence-corrected chi connectivity index (χ1v) is 6.05. The Kier molecular flexibility index (Phi) is 4.87. The fourth-order valence-corrected chi connectivity index (χ4v) is 1.51. The minimum Gasteiger partial charge on any atom is -0.369 e. The van der Waals surface area contributed by atoms with Crippen molar-refractivity contribution in [3.8, 4) is 0 Å². The number of nitrogens with one attached hydrogen (secondary N) is 2. The molecule has 1 rings (SSSR count). The number of carbonyl (C=O) groups excluding carboxylic acids is 1. The molecule has 0 fully saturated rings. The van der Waals surface area contributed by atoms with E-state index in [9.17, 15) is 4.79 Å². The summed E-state index contributed by atoms with van der Waals surface area (Å²) < 4.78 is 5.17. The topological polar surface area (TPSA) is 50.4 Å². The molecule has 0 aliphatic rings. The van der Waals surface area contributed by atoms with Gasteiger partial charge in [-0.05, 0) is 39.4 Å². The van der Waals surface area contributed by atoms with Gasteiger partial charge in [-0.15, -0.1) is 0 Å². The summed E-state index contributed by atoms with van der Waals surface area (Å²) in [6.45, 7) is 5.53. The Morgan fingerprint density at radius 2 is 1.94 bits per heavy atom. The second-order valence-corrected chi connectivity index (χ2v) is 4.77. The Hall–Kier alpha value is -1.39. The highest BCUT2D eigenvalue weighted by molar-refractivity contribution is 5.97. The Bertz CT molecular complexity index is 416. The van der Waals surface area contributed by atoms with Gasteiger partial charge < -0.3 is 15.4 Å². The molecule has 1 atom stereocenters. The molecular formula is C14H22N2O2. The van der Waals surface area contributed by atoms with Crippen molar-refractivity contribution < 1.29 is 9.53 Å². The number of amides is 1. The SMILES string of the molecule is CNC(C)c1ccccc1NC(=O)C(C)(C)OC. The third kappa shape index (κ3) is 3.31. The van der Waals surface area contributed by atoms with Gasteiger partial charge in [-0.2, -0.15) is 0 Å². The van der Waals surface area contributed by atoms with E-state index in [-0.39, 0.29) is 11.9 Å². The summed E-state index contributed by atoms with van der Waals surface area (Å²) in [4.78, 5) is 12.1. The third-order valence-electron chi connectivity index (χ3n) is 3.17. The zero-order valence-corrected chi connectivity index (χ0v) is 11.7. The summed E-state index contributed by atoms with van der Waals surface area (Å²) in [7, 11) is 3.42. The van der Waals surface area contributed by atoms with Gasteiger partial charge in [0.15, 0.2) is 0 Å². The summed E-state index contributed by atoms with van der Waals surface area (Å²) in [5.41, 5.74) is 1.03. The van der Waals surface area contributed by atoms with Crippen molar-refractivity contribution in [3.63, 3.8) is 0 Å². The van der Waals surface area contributed by atoms with E-state index in [2.05, 4.69) is 10.6 Å². The number of hydrogen-bond donors (Lipinski definition) is 2. The van der Waals surface area contributed by atoms with E-state index >= 15 is 0 Å². The molecule has 0 aromatic heterocycles.